The van der Waals surface area contributed by atoms with Crippen LogP contribution < -0.4 is 16.6 Å². The number of fused-ring (bicyclic) bond motifs is 1. The van der Waals surface area contributed by atoms with E-state index in [2.05, 4.69) is 10.3 Å². The number of hydrogen-bond acceptors (Lipinski definition) is 4. The molecule has 2 aromatic heterocycles. The van der Waals surface area contributed by atoms with Crippen molar-refractivity contribution in [1.29, 1.82) is 0 Å². The van der Waals surface area contributed by atoms with Gasteiger partial charge in [0.15, 0.2) is 11.2 Å². The number of aryl methyl sites for hydroxylation is 1. The van der Waals surface area contributed by atoms with E-state index < -0.39 is 17.3 Å². The molecule has 0 bridgehead atoms. The first-order valence-corrected chi connectivity index (χ1v) is 8.39. The minimum atomic E-state index is -0.589. The standard InChI is InChI=1S/C18H21N5O3/c1-4-13(16(24)19-10-12-8-6-5-7-9-12)23-11-20-15-14(23)17(25)22(3)18(26)21(15)2/h5-9,11,13H,4,10H2,1-3H3,(H,19,24). The highest BCUT2D eigenvalue weighted by Gasteiger charge is 2.23. The Balaban J connectivity index is 1.97. The van der Waals surface area contributed by atoms with E-state index in [1.165, 1.54) is 17.9 Å². The highest BCUT2D eigenvalue weighted by atomic mass is 16.2. The molecule has 3 aromatic rings. The Morgan fingerprint density at radius 1 is 1.15 bits per heavy atom. The van der Waals surface area contributed by atoms with Gasteiger partial charge in [-0.2, -0.15) is 0 Å². The maximum atomic E-state index is 12.7. The maximum absolute atomic E-state index is 12.7. The minimum Gasteiger partial charge on any atom is -0.350 e. The van der Waals surface area contributed by atoms with Crippen molar-refractivity contribution < 1.29 is 4.79 Å². The predicted octanol–water partition coefficient (Wildman–Crippen LogP) is 0.701. The fourth-order valence-electron chi connectivity index (χ4n) is 3.01. The first-order valence-electron chi connectivity index (χ1n) is 8.39. The molecule has 0 spiro atoms. The monoisotopic (exact) mass is 355 g/mol. The Bertz CT molecular complexity index is 1060. The fraction of sp³-hybridized carbons (Fsp3) is 0.333. The summed E-state index contributed by atoms with van der Waals surface area (Å²) in [5.41, 5.74) is 0.595. The largest absolute Gasteiger partial charge is 0.350 e. The van der Waals surface area contributed by atoms with Gasteiger partial charge in [0.1, 0.15) is 6.04 Å². The van der Waals surface area contributed by atoms with Gasteiger partial charge >= 0.3 is 5.69 Å². The average Bonchev–Trinajstić information content (AvgIpc) is 3.09. The van der Waals surface area contributed by atoms with Crippen LogP contribution in [0.15, 0.2) is 46.2 Å². The lowest BCUT2D eigenvalue weighted by Crippen LogP contribution is -2.39. The Kier molecular flexibility index (Phi) is 4.75. The van der Waals surface area contributed by atoms with Crippen LogP contribution in [0.3, 0.4) is 0 Å². The first-order chi connectivity index (χ1) is 12.5. The summed E-state index contributed by atoms with van der Waals surface area (Å²) < 4.78 is 3.88. The van der Waals surface area contributed by atoms with Gasteiger partial charge in [0.25, 0.3) is 5.56 Å². The van der Waals surface area contributed by atoms with Crippen molar-refractivity contribution in [1.82, 2.24) is 24.0 Å². The molecule has 0 saturated carbocycles. The molecule has 0 saturated heterocycles. The number of benzene rings is 1. The summed E-state index contributed by atoms with van der Waals surface area (Å²) in [4.78, 5) is 41.5. The van der Waals surface area contributed by atoms with Crippen molar-refractivity contribution in [2.75, 3.05) is 0 Å². The maximum Gasteiger partial charge on any atom is 0.332 e. The number of aromatic nitrogens is 4. The number of carbonyl (C=O) groups is 1. The summed E-state index contributed by atoms with van der Waals surface area (Å²) in [6.45, 7) is 2.27. The third kappa shape index (κ3) is 2.94. The van der Waals surface area contributed by atoms with Crippen molar-refractivity contribution in [3.63, 3.8) is 0 Å². The molecule has 1 unspecified atom stereocenters. The van der Waals surface area contributed by atoms with Gasteiger partial charge < -0.3 is 9.88 Å². The molecular weight excluding hydrogens is 334 g/mol. The molecule has 0 aliphatic heterocycles. The van der Waals surface area contributed by atoms with E-state index in [-0.39, 0.29) is 17.1 Å². The molecule has 1 amide bonds. The Morgan fingerprint density at radius 2 is 1.85 bits per heavy atom. The zero-order valence-corrected chi connectivity index (χ0v) is 15.0. The van der Waals surface area contributed by atoms with Crippen molar-refractivity contribution >= 4 is 17.1 Å². The molecular formula is C18H21N5O3. The number of rotatable bonds is 5. The molecule has 1 aromatic carbocycles. The van der Waals surface area contributed by atoms with Gasteiger partial charge in [0, 0.05) is 20.6 Å². The van der Waals surface area contributed by atoms with Gasteiger partial charge in [-0.3, -0.25) is 18.7 Å². The van der Waals surface area contributed by atoms with Gasteiger partial charge in [-0.25, -0.2) is 9.78 Å². The number of hydrogen-bond donors (Lipinski definition) is 1. The summed E-state index contributed by atoms with van der Waals surface area (Å²) >= 11 is 0. The highest BCUT2D eigenvalue weighted by Crippen LogP contribution is 2.17. The lowest BCUT2D eigenvalue weighted by molar-refractivity contribution is -0.124. The summed E-state index contributed by atoms with van der Waals surface area (Å²) in [7, 11) is 2.97. The second-order valence-electron chi connectivity index (χ2n) is 6.16. The van der Waals surface area contributed by atoms with E-state index in [0.29, 0.717) is 13.0 Å². The molecule has 0 aliphatic rings. The Labute approximate surface area is 149 Å². The average molecular weight is 355 g/mol. The minimum absolute atomic E-state index is 0.202. The van der Waals surface area contributed by atoms with Crippen LogP contribution in [0.25, 0.3) is 11.2 Å². The zero-order chi connectivity index (χ0) is 18.8. The molecule has 0 aliphatic carbocycles. The number of nitrogens with zero attached hydrogens (tertiary/aromatic N) is 4. The molecule has 3 rings (SSSR count). The Morgan fingerprint density at radius 3 is 2.50 bits per heavy atom. The number of imidazole rings is 1. The highest BCUT2D eigenvalue weighted by molar-refractivity contribution is 5.82. The molecule has 136 valence electrons. The van der Waals surface area contributed by atoms with Crippen LogP contribution in [0.2, 0.25) is 0 Å². The van der Waals surface area contributed by atoms with Crippen LogP contribution in [0.5, 0.6) is 0 Å². The molecule has 1 N–H and O–H groups in total. The zero-order valence-electron chi connectivity index (χ0n) is 15.0. The van der Waals surface area contributed by atoms with Gasteiger partial charge in [-0.05, 0) is 12.0 Å². The summed E-state index contributed by atoms with van der Waals surface area (Å²) in [5, 5.41) is 2.90. The lowest BCUT2D eigenvalue weighted by Gasteiger charge is -2.17. The second-order valence-corrected chi connectivity index (χ2v) is 6.16. The van der Waals surface area contributed by atoms with E-state index in [0.717, 1.165) is 10.1 Å². The van der Waals surface area contributed by atoms with Crippen molar-refractivity contribution in [2.45, 2.75) is 25.9 Å². The lowest BCUT2D eigenvalue weighted by atomic mass is 10.2. The summed E-state index contributed by atoms with van der Waals surface area (Å²) in [6, 6.07) is 9.00. The molecule has 26 heavy (non-hydrogen) atoms. The van der Waals surface area contributed by atoms with E-state index in [9.17, 15) is 14.4 Å². The third-order valence-electron chi connectivity index (χ3n) is 4.51. The summed E-state index contributed by atoms with van der Waals surface area (Å²) in [6.07, 6.45) is 1.93. The first kappa shape index (κ1) is 17.7. The smallest absolute Gasteiger partial charge is 0.332 e. The quantitative estimate of drug-likeness (QED) is 0.729. The predicted molar refractivity (Wildman–Crippen MR) is 97.8 cm³/mol. The van der Waals surface area contributed by atoms with Crippen LogP contribution in [-0.4, -0.2) is 24.6 Å². The van der Waals surface area contributed by atoms with Crippen LogP contribution in [-0.2, 0) is 25.4 Å². The van der Waals surface area contributed by atoms with E-state index in [4.69, 9.17) is 0 Å². The second kappa shape index (κ2) is 6.99. The number of nitrogens with one attached hydrogen (secondary N) is 1. The molecule has 0 radical (unpaired) electrons. The van der Waals surface area contributed by atoms with Gasteiger partial charge in [-0.15, -0.1) is 0 Å². The third-order valence-corrected chi connectivity index (χ3v) is 4.51. The van der Waals surface area contributed by atoms with Gasteiger partial charge in [0.05, 0.1) is 6.33 Å². The van der Waals surface area contributed by atoms with Crippen molar-refractivity contribution in [3.05, 3.63) is 63.1 Å². The topological polar surface area (TPSA) is 90.9 Å². The van der Waals surface area contributed by atoms with Gasteiger partial charge in [0.2, 0.25) is 5.91 Å². The molecule has 1 atom stereocenters. The van der Waals surface area contributed by atoms with Crippen molar-refractivity contribution in [2.24, 2.45) is 14.1 Å². The number of carbonyl (C=O) groups excluding carboxylic acids is 1. The SMILES string of the molecule is CCC(C(=O)NCc1ccccc1)n1cnc2c1c(=O)n(C)c(=O)n2C. The van der Waals surface area contributed by atoms with Crippen LogP contribution in [0.4, 0.5) is 0 Å². The normalized spacial score (nSPS) is 12.3. The molecule has 8 nitrogen and oxygen atoms in total. The van der Waals surface area contributed by atoms with E-state index >= 15 is 0 Å². The van der Waals surface area contributed by atoms with Gasteiger partial charge in [-0.1, -0.05) is 37.3 Å². The van der Waals surface area contributed by atoms with Crippen LogP contribution in [0, 0.1) is 0 Å². The van der Waals surface area contributed by atoms with E-state index in [1.54, 1.807) is 11.6 Å². The van der Waals surface area contributed by atoms with Crippen LogP contribution >= 0.6 is 0 Å². The molecule has 0 fully saturated rings. The summed E-state index contributed by atoms with van der Waals surface area (Å²) in [5.74, 6) is -0.202. The fourth-order valence-corrected chi connectivity index (χ4v) is 3.01. The van der Waals surface area contributed by atoms with Crippen LogP contribution in [0.1, 0.15) is 24.9 Å². The molecule has 8 heteroatoms. The van der Waals surface area contributed by atoms with E-state index in [1.807, 2.05) is 37.3 Å². The molecule has 2 heterocycles. The Hall–Kier alpha value is -3.16. The number of amides is 1. The van der Waals surface area contributed by atoms with Crippen molar-refractivity contribution in [3.8, 4) is 0 Å².